The number of hydrogen-bond donors (Lipinski definition) is 2. The minimum atomic E-state index is -0.404. The van der Waals surface area contributed by atoms with Crippen molar-refractivity contribution in [3.8, 4) is 0 Å². The lowest BCUT2D eigenvalue weighted by atomic mass is 9.98. The van der Waals surface area contributed by atoms with Crippen LogP contribution in [-0.2, 0) is 14.3 Å². The fraction of sp³-hybridized carbons (Fsp3) is 0.800. The Labute approximate surface area is 90.4 Å². The number of ether oxygens (including phenoxy) is 1. The monoisotopic (exact) mass is 216 g/mol. The Morgan fingerprint density at radius 2 is 2.00 bits per heavy atom. The van der Waals surface area contributed by atoms with Crippen molar-refractivity contribution in [3.05, 3.63) is 0 Å². The molecule has 1 amide bonds. The van der Waals surface area contributed by atoms with Gasteiger partial charge in [-0.05, 0) is 20.8 Å². The first kappa shape index (κ1) is 13.9. The number of esters is 1. The van der Waals surface area contributed by atoms with Crippen molar-refractivity contribution in [1.29, 1.82) is 0 Å². The van der Waals surface area contributed by atoms with Crippen molar-refractivity contribution in [1.82, 2.24) is 5.32 Å². The fourth-order valence-electron chi connectivity index (χ4n) is 1.54. The van der Waals surface area contributed by atoms with Gasteiger partial charge in [0.1, 0.15) is 0 Å². The number of methoxy groups -OCH3 is 1. The smallest absolute Gasteiger partial charge is 0.307 e. The van der Waals surface area contributed by atoms with Gasteiger partial charge >= 0.3 is 5.97 Å². The van der Waals surface area contributed by atoms with Gasteiger partial charge < -0.3 is 15.8 Å². The van der Waals surface area contributed by atoms with Crippen LogP contribution in [0.2, 0.25) is 0 Å². The topological polar surface area (TPSA) is 81.4 Å². The summed E-state index contributed by atoms with van der Waals surface area (Å²) in [5, 5.41) is 3.15. The summed E-state index contributed by atoms with van der Waals surface area (Å²) in [5.74, 6) is -0.636. The zero-order chi connectivity index (χ0) is 12.1. The van der Waals surface area contributed by atoms with Crippen molar-refractivity contribution in [2.24, 2.45) is 5.73 Å². The number of primary amides is 1. The van der Waals surface area contributed by atoms with Crippen molar-refractivity contribution < 1.29 is 14.3 Å². The van der Waals surface area contributed by atoms with Crippen LogP contribution in [-0.4, -0.2) is 30.6 Å². The van der Waals surface area contributed by atoms with E-state index in [1.807, 2.05) is 20.8 Å². The van der Waals surface area contributed by atoms with Crippen LogP contribution in [0, 0.1) is 0 Å². The maximum absolute atomic E-state index is 11.0. The Hall–Kier alpha value is -1.10. The third-order valence-electron chi connectivity index (χ3n) is 1.95. The molecule has 0 radical (unpaired) electrons. The van der Waals surface area contributed by atoms with Crippen LogP contribution >= 0.6 is 0 Å². The summed E-state index contributed by atoms with van der Waals surface area (Å²) in [6.45, 7) is 5.59. The predicted octanol–water partition coefficient (Wildman–Crippen LogP) is 0.182. The van der Waals surface area contributed by atoms with Gasteiger partial charge in [-0.25, -0.2) is 0 Å². The average molecular weight is 216 g/mol. The van der Waals surface area contributed by atoms with Gasteiger partial charge in [-0.15, -0.1) is 0 Å². The van der Waals surface area contributed by atoms with Gasteiger partial charge in [-0.2, -0.15) is 0 Å². The van der Waals surface area contributed by atoms with Gasteiger partial charge in [0.15, 0.2) is 0 Å². The standard InChI is InChI=1S/C10H20N2O3/c1-7(5-9(14)15-4)12-10(2,3)6-8(11)13/h7,12H,5-6H2,1-4H3,(H2,11,13). The molecule has 0 aliphatic rings. The van der Waals surface area contributed by atoms with Crippen molar-refractivity contribution in [2.75, 3.05) is 7.11 Å². The molecule has 0 rings (SSSR count). The van der Waals surface area contributed by atoms with Crippen LogP contribution in [0.3, 0.4) is 0 Å². The molecule has 0 aliphatic carbocycles. The zero-order valence-electron chi connectivity index (χ0n) is 9.79. The van der Waals surface area contributed by atoms with E-state index in [4.69, 9.17) is 5.73 Å². The molecular weight excluding hydrogens is 196 g/mol. The first-order chi connectivity index (χ1) is 6.76. The van der Waals surface area contributed by atoms with E-state index in [1.54, 1.807) is 0 Å². The second-order valence-electron chi connectivity index (χ2n) is 4.35. The van der Waals surface area contributed by atoms with Crippen LogP contribution in [0.4, 0.5) is 0 Å². The Balaban J connectivity index is 4.08. The van der Waals surface area contributed by atoms with E-state index < -0.39 is 5.54 Å². The van der Waals surface area contributed by atoms with Gasteiger partial charge in [0.25, 0.3) is 0 Å². The van der Waals surface area contributed by atoms with E-state index in [1.165, 1.54) is 7.11 Å². The number of hydrogen-bond acceptors (Lipinski definition) is 4. The summed E-state index contributed by atoms with van der Waals surface area (Å²) in [7, 11) is 1.35. The zero-order valence-corrected chi connectivity index (χ0v) is 9.79. The molecule has 0 saturated heterocycles. The molecule has 0 spiro atoms. The minimum absolute atomic E-state index is 0.0493. The van der Waals surface area contributed by atoms with Crippen LogP contribution in [0.1, 0.15) is 33.6 Å². The number of amides is 1. The molecule has 0 aliphatic heterocycles. The van der Waals surface area contributed by atoms with Gasteiger partial charge in [0, 0.05) is 18.0 Å². The molecule has 0 heterocycles. The molecule has 5 heteroatoms. The number of carbonyl (C=O) groups excluding carboxylic acids is 2. The first-order valence-electron chi connectivity index (χ1n) is 4.89. The summed E-state index contributed by atoms with van der Waals surface area (Å²) in [5.41, 5.74) is 4.71. The van der Waals surface area contributed by atoms with E-state index in [9.17, 15) is 9.59 Å². The molecule has 1 atom stereocenters. The summed E-state index contributed by atoms with van der Waals surface area (Å²) in [4.78, 5) is 21.7. The molecule has 88 valence electrons. The molecule has 0 fully saturated rings. The van der Waals surface area contributed by atoms with E-state index in [-0.39, 0.29) is 30.8 Å². The molecule has 0 bridgehead atoms. The van der Waals surface area contributed by atoms with Gasteiger partial charge in [0.2, 0.25) is 5.91 Å². The predicted molar refractivity (Wildman–Crippen MR) is 57.1 cm³/mol. The molecule has 0 aromatic rings. The van der Waals surface area contributed by atoms with E-state index >= 15 is 0 Å². The Bertz CT molecular complexity index is 239. The number of nitrogens with one attached hydrogen (secondary N) is 1. The summed E-state index contributed by atoms with van der Waals surface area (Å²) >= 11 is 0. The molecule has 0 saturated carbocycles. The van der Waals surface area contributed by atoms with E-state index in [2.05, 4.69) is 10.1 Å². The number of nitrogens with two attached hydrogens (primary N) is 1. The number of carbonyl (C=O) groups is 2. The van der Waals surface area contributed by atoms with Gasteiger partial charge in [-0.3, -0.25) is 9.59 Å². The summed E-state index contributed by atoms with van der Waals surface area (Å²) in [6, 6.07) is -0.0493. The lowest BCUT2D eigenvalue weighted by molar-refractivity contribution is -0.141. The fourth-order valence-corrected chi connectivity index (χ4v) is 1.54. The van der Waals surface area contributed by atoms with E-state index in [0.29, 0.717) is 0 Å². The van der Waals surface area contributed by atoms with E-state index in [0.717, 1.165) is 0 Å². The molecule has 1 unspecified atom stereocenters. The van der Waals surface area contributed by atoms with Crippen LogP contribution in [0.15, 0.2) is 0 Å². The van der Waals surface area contributed by atoms with Crippen molar-refractivity contribution in [3.63, 3.8) is 0 Å². The molecule has 5 nitrogen and oxygen atoms in total. The quantitative estimate of drug-likeness (QED) is 0.621. The van der Waals surface area contributed by atoms with Crippen molar-refractivity contribution >= 4 is 11.9 Å². The average Bonchev–Trinajstić information content (AvgIpc) is 1.99. The highest BCUT2D eigenvalue weighted by Gasteiger charge is 2.23. The van der Waals surface area contributed by atoms with Gasteiger partial charge in [0.05, 0.1) is 13.5 Å². The SMILES string of the molecule is COC(=O)CC(C)NC(C)(C)CC(N)=O. The summed E-state index contributed by atoms with van der Waals surface area (Å²) in [6.07, 6.45) is 0.511. The number of rotatable bonds is 6. The van der Waals surface area contributed by atoms with Crippen LogP contribution < -0.4 is 11.1 Å². The largest absolute Gasteiger partial charge is 0.469 e. The lowest BCUT2D eigenvalue weighted by Gasteiger charge is -2.28. The maximum atomic E-state index is 11.0. The second kappa shape index (κ2) is 5.70. The third-order valence-corrected chi connectivity index (χ3v) is 1.95. The highest BCUT2D eigenvalue weighted by molar-refractivity contribution is 5.75. The lowest BCUT2D eigenvalue weighted by Crippen LogP contribution is -2.47. The maximum Gasteiger partial charge on any atom is 0.307 e. The molecule has 3 N–H and O–H groups in total. The minimum Gasteiger partial charge on any atom is -0.469 e. The molecule has 15 heavy (non-hydrogen) atoms. The van der Waals surface area contributed by atoms with Crippen molar-refractivity contribution in [2.45, 2.75) is 45.2 Å². The molecule has 0 aromatic carbocycles. The van der Waals surface area contributed by atoms with Crippen LogP contribution in [0.25, 0.3) is 0 Å². The highest BCUT2D eigenvalue weighted by atomic mass is 16.5. The normalized spacial score (nSPS) is 13.3. The van der Waals surface area contributed by atoms with Gasteiger partial charge in [-0.1, -0.05) is 0 Å². The molecule has 0 aromatic heterocycles. The summed E-state index contributed by atoms with van der Waals surface area (Å²) < 4.78 is 4.55. The Morgan fingerprint density at radius 3 is 2.40 bits per heavy atom. The Kier molecular flexibility index (Phi) is 5.28. The van der Waals surface area contributed by atoms with Crippen LogP contribution in [0.5, 0.6) is 0 Å². The highest BCUT2D eigenvalue weighted by Crippen LogP contribution is 2.10. The first-order valence-corrected chi connectivity index (χ1v) is 4.89. The second-order valence-corrected chi connectivity index (χ2v) is 4.35. The third kappa shape index (κ3) is 6.90. The Morgan fingerprint density at radius 1 is 1.47 bits per heavy atom. The molecular formula is C10H20N2O3.